The second kappa shape index (κ2) is 7.04. The fourth-order valence-corrected chi connectivity index (χ4v) is 2.62. The van der Waals surface area contributed by atoms with Crippen molar-refractivity contribution in [2.24, 2.45) is 0 Å². The number of rotatable bonds is 6. The highest BCUT2D eigenvalue weighted by molar-refractivity contribution is 9.10. The van der Waals surface area contributed by atoms with Crippen LogP contribution in [0.4, 0.5) is 0 Å². The van der Waals surface area contributed by atoms with Crippen LogP contribution in [-0.4, -0.2) is 14.9 Å². The molecule has 20 heavy (non-hydrogen) atoms. The van der Waals surface area contributed by atoms with E-state index in [1.54, 1.807) is 0 Å². The molecule has 3 nitrogen and oxygen atoms in total. The number of nitrogens with zero attached hydrogens (tertiary/aromatic N) is 2. The summed E-state index contributed by atoms with van der Waals surface area (Å²) in [5, 5.41) is 14.2. The quantitative estimate of drug-likeness (QED) is 0.870. The van der Waals surface area contributed by atoms with Gasteiger partial charge in [0.15, 0.2) is 0 Å². The fourth-order valence-electron chi connectivity index (χ4n) is 2.36. The summed E-state index contributed by atoms with van der Waals surface area (Å²) >= 11 is 3.45. The van der Waals surface area contributed by atoms with Crippen molar-refractivity contribution in [1.82, 2.24) is 9.78 Å². The lowest BCUT2D eigenvalue weighted by atomic mass is 10.1. The largest absolute Gasteiger partial charge is 0.392 e. The molecule has 0 amide bonds. The maximum Gasteiger partial charge on any atom is 0.0718 e. The number of aliphatic hydroxyl groups is 1. The van der Waals surface area contributed by atoms with Crippen molar-refractivity contribution in [1.29, 1.82) is 0 Å². The van der Waals surface area contributed by atoms with Gasteiger partial charge in [-0.1, -0.05) is 41.4 Å². The Bertz CT molecular complexity index is 561. The summed E-state index contributed by atoms with van der Waals surface area (Å²) in [6, 6.07) is 8.32. The molecule has 0 unspecified atom stereocenters. The normalized spacial score (nSPS) is 11.0. The molecule has 0 bridgehead atoms. The van der Waals surface area contributed by atoms with Gasteiger partial charge in [0.1, 0.15) is 0 Å². The highest BCUT2D eigenvalue weighted by Gasteiger charge is 2.14. The minimum absolute atomic E-state index is 0.0593. The Balaban J connectivity index is 2.30. The number of unbranched alkanes of at least 4 members (excludes halogenated alkanes) is 1. The van der Waals surface area contributed by atoms with Crippen molar-refractivity contribution >= 4 is 15.9 Å². The zero-order chi connectivity index (χ0) is 14.5. The van der Waals surface area contributed by atoms with Gasteiger partial charge >= 0.3 is 0 Å². The van der Waals surface area contributed by atoms with Gasteiger partial charge < -0.3 is 5.11 Å². The molecule has 4 heteroatoms. The highest BCUT2D eigenvalue weighted by atomic mass is 79.9. The zero-order valence-electron chi connectivity index (χ0n) is 12.1. The predicted octanol–water partition coefficient (Wildman–Crippen LogP) is 3.84. The third-order valence-corrected chi connectivity index (χ3v) is 4.06. The van der Waals surface area contributed by atoms with Gasteiger partial charge in [-0.2, -0.15) is 5.10 Å². The molecule has 0 saturated heterocycles. The average Bonchev–Trinajstić information content (AvgIpc) is 2.74. The van der Waals surface area contributed by atoms with Gasteiger partial charge in [0.2, 0.25) is 0 Å². The molecule has 0 saturated carbocycles. The molecule has 108 valence electrons. The Morgan fingerprint density at radius 2 is 1.95 bits per heavy atom. The van der Waals surface area contributed by atoms with Gasteiger partial charge in [-0.25, -0.2) is 0 Å². The molecule has 1 aromatic carbocycles. The van der Waals surface area contributed by atoms with Gasteiger partial charge in [-0.3, -0.25) is 4.68 Å². The Kier molecular flexibility index (Phi) is 5.38. The molecule has 1 N–H and O–H groups in total. The van der Waals surface area contributed by atoms with Crippen LogP contribution in [0.25, 0.3) is 0 Å². The summed E-state index contributed by atoms with van der Waals surface area (Å²) in [6.45, 7) is 5.13. The average molecular weight is 337 g/mol. The molecule has 1 aromatic heterocycles. The molecule has 0 spiro atoms. The van der Waals surface area contributed by atoms with Crippen molar-refractivity contribution in [2.75, 3.05) is 0 Å². The summed E-state index contributed by atoms with van der Waals surface area (Å²) < 4.78 is 3.14. The Morgan fingerprint density at radius 1 is 1.25 bits per heavy atom. The van der Waals surface area contributed by atoms with Crippen LogP contribution in [0.3, 0.4) is 0 Å². The Morgan fingerprint density at radius 3 is 2.55 bits per heavy atom. The van der Waals surface area contributed by atoms with Gasteiger partial charge in [-0.15, -0.1) is 0 Å². The summed E-state index contributed by atoms with van der Waals surface area (Å²) in [6.07, 6.45) is 3.07. The number of aromatic nitrogens is 2. The van der Waals surface area contributed by atoms with E-state index in [0.29, 0.717) is 0 Å². The molecular weight excluding hydrogens is 316 g/mol. The van der Waals surface area contributed by atoms with E-state index in [9.17, 15) is 5.11 Å². The van der Waals surface area contributed by atoms with Crippen LogP contribution in [0.2, 0.25) is 0 Å². The van der Waals surface area contributed by atoms with Crippen LogP contribution >= 0.6 is 15.9 Å². The van der Waals surface area contributed by atoms with Crippen LogP contribution in [-0.2, 0) is 19.6 Å². The third kappa shape index (κ3) is 3.49. The molecule has 2 aromatic rings. The monoisotopic (exact) mass is 336 g/mol. The SMILES string of the molecule is CCCCn1nc(C)c(CO)c1Cc1ccc(Br)cc1. The first kappa shape index (κ1) is 15.3. The number of aliphatic hydroxyl groups excluding tert-OH is 1. The number of aryl methyl sites for hydroxylation is 2. The zero-order valence-corrected chi connectivity index (χ0v) is 13.7. The van der Waals surface area contributed by atoms with Crippen LogP contribution in [0.15, 0.2) is 28.7 Å². The van der Waals surface area contributed by atoms with Crippen LogP contribution in [0, 0.1) is 6.92 Å². The van der Waals surface area contributed by atoms with E-state index in [0.717, 1.165) is 47.2 Å². The predicted molar refractivity (Wildman–Crippen MR) is 84.7 cm³/mol. The Hall–Kier alpha value is -1.13. The van der Waals surface area contributed by atoms with E-state index in [1.165, 1.54) is 5.56 Å². The highest BCUT2D eigenvalue weighted by Crippen LogP contribution is 2.20. The lowest BCUT2D eigenvalue weighted by Crippen LogP contribution is -2.07. The molecular formula is C16H21BrN2O. The first-order valence-corrected chi connectivity index (χ1v) is 7.85. The summed E-state index contributed by atoms with van der Waals surface area (Å²) in [7, 11) is 0. The molecule has 0 aliphatic rings. The van der Waals surface area contributed by atoms with Crippen LogP contribution in [0.1, 0.15) is 42.3 Å². The van der Waals surface area contributed by atoms with E-state index in [-0.39, 0.29) is 6.61 Å². The van der Waals surface area contributed by atoms with Gasteiger partial charge in [0, 0.05) is 28.7 Å². The molecule has 0 aliphatic heterocycles. The van der Waals surface area contributed by atoms with E-state index in [2.05, 4.69) is 44.8 Å². The van der Waals surface area contributed by atoms with E-state index in [1.807, 2.05) is 19.1 Å². The van der Waals surface area contributed by atoms with Crippen molar-refractivity contribution in [3.8, 4) is 0 Å². The minimum Gasteiger partial charge on any atom is -0.392 e. The number of hydrogen-bond acceptors (Lipinski definition) is 2. The van der Waals surface area contributed by atoms with Gasteiger partial charge in [0.25, 0.3) is 0 Å². The smallest absolute Gasteiger partial charge is 0.0718 e. The number of benzene rings is 1. The van der Waals surface area contributed by atoms with Crippen LogP contribution in [0.5, 0.6) is 0 Å². The molecule has 0 radical (unpaired) electrons. The van der Waals surface area contributed by atoms with Crippen LogP contribution < -0.4 is 0 Å². The molecule has 0 aliphatic carbocycles. The maximum absolute atomic E-state index is 9.60. The lowest BCUT2D eigenvalue weighted by molar-refractivity contribution is 0.279. The lowest BCUT2D eigenvalue weighted by Gasteiger charge is -2.09. The van der Waals surface area contributed by atoms with E-state index >= 15 is 0 Å². The van der Waals surface area contributed by atoms with Crippen molar-refractivity contribution < 1.29 is 5.11 Å². The molecule has 0 fully saturated rings. The summed E-state index contributed by atoms with van der Waals surface area (Å²) in [5.74, 6) is 0. The third-order valence-electron chi connectivity index (χ3n) is 3.53. The summed E-state index contributed by atoms with van der Waals surface area (Å²) in [5.41, 5.74) is 4.29. The number of halogens is 1. The molecule has 0 atom stereocenters. The summed E-state index contributed by atoms with van der Waals surface area (Å²) in [4.78, 5) is 0. The number of hydrogen-bond donors (Lipinski definition) is 1. The fraction of sp³-hybridized carbons (Fsp3) is 0.438. The van der Waals surface area contributed by atoms with Crippen molar-refractivity contribution in [3.63, 3.8) is 0 Å². The van der Waals surface area contributed by atoms with E-state index in [4.69, 9.17) is 0 Å². The maximum atomic E-state index is 9.60. The first-order chi connectivity index (χ1) is 9.65. The van der Waals surface area contributed by atoms with Crippen molar-refractivity contribution in [2.45, 2.75) is 46.3 Å². The second-order valence-corrected chi connectivity index (χ2v) is 5.96. The molecule has 2 rings (SSSR count). The van der Waals surface area contributed by atoms with Gasteiger partial charge in [-0.05, 0) is 31.0 Å². The van der Waals surface area contributed by atoms with E-state index < -0.39 is 0 Å². The second-order valence-electron chi connectivity index (χ2n) is 5.05. The topological polar surface area (TPSA) is 38.0 Å². The first-order valence-electron chi connectivity index (χ1n) is 7.06. The van der Waals surface area contributed by atoms with Gasteiger partial charge in [0.05, 0.1) is 12.3 Å². The standard InChI is InChI=1S/C16H21BrN2O/c1-3-4-9-19-16(15(11-20)12(2)18-19)10-13-5-7-14(17)8-6-13/h5-8,20H,3-4,9-11H2,1-2H3. The molecule has 1 heterocycles. The Labute approximate surface area is 128 Å². The minimum atomic E-state index is 0.0593. The van der Waals surface area contributed by atoms with Crippen molar-refractivity contribution in [3.05, 3.63) is 51.3 Å².